The predicted molar refractivity (Wildman–Crippen MR) is 106 cm³/mol. The van der Waals surface area contributed by atoms with Gasteiger partial charge in [-0.3, -0.25) is 9.59 Å². The average molecular weight is 382 g/mol. The summed E-state index contributed by atoms with van der Waals surface area (Å²) in [7, 11) is 0. The molecule has 3 aromatic rings. The normalized spacial score (nSPS) is 11.7. The monoisotopic (exact) mass is 382 g/mol. The van der Waals surface area contributed by atoms with Crippen molar-refractivity contribution in [2.75, 3.05) is 5.32 Å². The number of rotatable bonds is 5. The Morgan fingerprint density at radius 1 is 1.04 bits per heavy atom. The van der Waals surface area contributed by atoms with Crippen molar-refractivity contribution in [2.24, 2.45) is 0 Å². The molecular formula is C21H19FN2O2S. The molecule has 0 unspecified atom stereocenters. The number of hydrogen-bond donors (Lipinski definition) is 2. The van der Waals surface area contributed by atoms with Gasteiger partial charge in [0.25, 0.3) is 5.91 Å². The molecule has 0 bridgehead atoms. The zero-order valence-corrected chi connectivity index (χ0v) is 15.8. The molecule has 0 saturated carbocycles. The number of amides is 2. The van der Waals surface area contributed by atoms with Gasteiger partial charge in [0, 0.05) is 23.1 Å². The van der Waals surface area contributed by atoms with Gasteiger partial charge in [0.05, 0.1) is 10.9 Å². The highest BCUT2D eigenvalue weighted by Gasteiger charge is 2.15. The summed E-state index contributed by atoms with van der Waals surface area (Å²) >= 11 is 1.25. The highest BCUT2D eigenvalue weighted by atomic mass is 32.1. The smallest absolute Gasteiger partial charge is 0.261 e. The summed E-state index contributed by atoms with van der Waals surface area (Å²) in [6, 6.07) is 17.0. The number of thiophene rings is 1. The molecule has 2 aromatic carbocycles. The summed E-state index contributed by atoms with van der Waals surface area (Å²) in [5.74, 6) is -0.683. The van der Waals surface area contributed by atoms with Crippen molar-refractivity contribution in [1.29, 1.82) is 0 Å². The van der Waals surface area contributed by atoms with E-state index >= 15 is 0 Å². The van der Waals surface area contributed by atoms with Crippen LogP contribution in [0.5, 0.6) is 0 Å². The molecule has 0 spiro atoms. The van der Waals surface area contributed by atoms with Crippen molar-refractivity contribution in [3.05, 3.63) is 76.9 Å². The standard InChI is InChI=1S/C21H19FN2O2S/c1-13(15-6-5-7-16(12-15)24-14(2)25)23-21(26)20-11-10-19(27-20)17-8-3-4-9-18(17)22/h3-13H,1-2H3,(H,23,26)(H,24,25)/t13-/m1/s1. The quantitative estimate of drug-likeness (QED) is 0.652. The number of carbonyl (C=O) groups excluding carboxylic acids is 2. The summed E-state index contributed by atoms with van der Waals surface area (Å²) in [6.07, 6.45) is 0. The fourth-order valence-corrected chi connectivity index (χ4v) is 3.64. The van der Waals surface area contributed by atoms with Crippen molar-refractivity contribution in [3.63, 3.8) is 0 Å². The van der Waals surface area contributed by atoms with Crippen LogP contribution < -0.4 is 10.6 Å². The van der Waals surface area contributed by atoms with Gasteiger partial charge >= 0.3 is 0 Å². The molecule has 0 saturated heterocycles. The molecule has 2 amide bonds. The van der Waals surface area contributed by atoms with Crippen molar-refractivity contribution in [1.82, 2.24) is 5.32 Å². The van der Waals surface area contributed by atoms with Gasteiger partial charge in [0.15, 0.2) is 0 Å². The topological polar surface area (TPSA) is 58.2 Å². The lowest BCUT2D eigenvalue weighted by atomic mass is 10.1. The summed E-state index contributed by atoms with van der Waals surface area (Å²) in [5.41, 5.74) is 2.04. The Morgan fingerprint density at radius 2 is 1.81 bits per heavy atom. The summed E-state index contributed by atoms with van der Waals surface area (Å²) in [5, 5.41) is 5.66. The zero-order chi connectivity index (χ0) is 19.4. The van der Waals surface area contributed by atoms with Gasteiger partial charge < -0.3 is 10.6 Å². The van der Waals surface area contributed by atoms with Crippen molar-refractivity contribution >= 4 is 28.8 Å². The predicted octanol–water partition coefficient (Wildman–Crippen LogP) is 5.00. The molecule has 0 aliphatic heterocycles. The Morgan fingerprint density at radius 3 is 2.56 bits per heavy atom. The van der Waals surface area contributed by atoms with E-state index in [0.717, 1.165) is 5.56 Å². The molecule has 3 rings (SSSR count). The van der Waals surface area contributed by atoms with Gasteiger partial charge in [-0.1, -0.05) is 30.3 Å². The van der Waals surface area contributed by atoms with E-state index in [4.69, 9.17) is 0 Å². The molecule has 2 N–H and O–H groups in total. The van der Waals surface area contributed by atoms with Gasteiger partial charge in [0.1, 0.15) is 5.82 Å². The maximum absolute atomic E-state index is 13.9. The van der Waals surface area contributed by atoms with Crippen LogP contribution in [0.25, 0.3) is 10.4 Å². The van der Waals surface area contributed by atoms with Gasteiger partial charge in [-0.15, -0.1) is 11.3 Å². The Bertz CT molecular complexity index is 984. The van der Waals surface area contributed by atoms with Crippen LogP contribution in [-0.4, -0.2) is 11.8 Å². The summed E-state index contributed by atoms with van der Waals surface area (Å²) < 4.78 is 13.9. The molecule has 4 nitrogen and oxygen atoms in total. The lowest BCUT2D eigenvalue weighted by Gasteiger charge is -2.15. The third-order valence-corrected chi connectivity index (χ3v) is 5.14. The Balaban J connectivity index is 1.72. The lowest BCUT2D eigenvalue weighted by molar-refractivity contribution is -0.114. The van der Waals surface area contributed by atoms with Crippen LogP contribution in [-0.2, 0) is 4.79 Å². The van der Waals surface area contributed by atoms with Gasteiger partial charge in [0.2, 0.25) is 5.91 Å². The minimum absolute atomic E-state index is 0.150. The molecule has 27 heavy (non-hydrogen) atoms. The number of carbonyl (C=O) groups is 2. The van der Waals surface area contributed by atoms with Crippen LogP contribution in [0.1, 0.15) is 35.1 Å². The highest BCUT2D eigenvalue weighted by molar-refractivity contribution is 7.17. The van der Waals surface area contributed by atoms with Gasteiger partial charge in [-0.05, 0) is 42.8 Å². The fraction of sp³-hybridized carbons (Fsp3) is 0.143. The minimum Gasteiger partial charge on any atom is -0.345 e. The van der Waals surface area contributed by atoms with Crippen molar-refractivity contribution < 1.29 is 14.0 Å². The summed E-state index contributed by atoms with van der Waals surface area (Å²) in [4.78, 5) is 25.0. The molecule has 1 aromatic heterocycles. The van der Waals surface area contributed by atoms with E-state index in [-0.39, 0.29) is 23.7 Å². The minimum atomic E-state index is -0.311. The molecule has 0 radical (unpaired) electrons. The first kappa shape index (κ1) is 18.8. The molecule has 0 aliphatic rings. The van der Waals surface area contributed by atoms with E-state index < -0.39 is 0 Å². The van der Waals surface area contributed by atoms with Crippen molar-refractivity contribution in [2.45, 2.75) is 19.9 Å². The maximum Gasteiger partial charge on any atom is 0.261 e. The molecule has 6 heteroatoms. The average Bonchev–Trinajstić information content (AvgIpc) is 3.12. The van der Waals surface area contributed by atoms with E-state index in [1.807, 2.05) is 25.1 Å². The number of benzene rings is 2. The Kier molecular flexibility index (Phi) is 5.66. The van der Waals surface area contributed by atoms with Crippen LogP contribution in [0.3, 0.4) is 0 Å². The number of halogens is 1. The maximum atomic E-state index is 13.9. The van der Waals surface area contributed by atoms with Crippen LogP contribution in [0.15, 0.2) is 60.7 Å². The molecule has 1 atom stereocenters. The van der Waals surface area contributed by atoms with E-state index in [1.54, 1.807) is 36.4 Å². The lowest BCUT2D eigenvalue weighted by Crippen LogP contribution is -2.25. The second kappa shape index (κ2) is 8.14. The van der Waals surface area contributed by atoms with Gasteiger partial charge in [-0.25, -0.2) is 4.39 Å². The first-order valence-corrected chi connectivity index (χ1v) is 9.29. The molecule has 138 valence electrons. The van der Waals surface area contributed by atoms with E-state index in [0.29, 0.717) is 21.0 Å². The molecule has 0 fully saturated rings. The third kappa shape index (κ3) is 4.60. The van der Waals surface area contributed by atoms with Crippen LogP contribution >= 0.6 is 11.3 Å². The third-order valence-electron chi connectivity index (χ3n) is 4.02. The Hall–Kier alpha value is -2.99. The van der Waals surface area contributed by atoms with E-state index in [9.17, 15) is 14.0 Å². The molecule has 0 aliphatic carbocycles. The number of nitrogens with one attached hydrogen (secondary N) is 2. The largest absolute Gasteiger partial charge is 0.345 e. The fourth-order valence-electron chi connectivity index (χ4n) is 2.71. The first-order valence-electron chi connectivity index (χ1n) is 8.47. The molecular weight excluding hydrogens is 363 g/mol. The van der Waals surface area contributed by atoms with Crippen LogP contribution in [0.4, 0.5) is 10.1 Å². The van der Waals surface area contributed by atoms with E-state index in [1.165, 1.54) is 24.3 Å². The highest BCUT2D eigenvalue weighted by Crippen LogP contribution is 2.30. The first-order chi connectivity index (χ1) is 12.9. The van der Waals surface area contributed by atoms with Crippen molar-refractivity contribution in [3.8, 4) is 10.4 Å². The van der Waals surface area contributed by atoms with E-state index in [2.05, 4.69) is 10.6 Å². The number of hydrogen-bond acceptors (Lipinski definition) is 3. The zero-order valence-electron chi connectivity index (χ0n) is 15.0. The molecule has 1 heterocycles. The number of anilines is 1. The van der Waals surface area contributed by atoms with Crippen LogP contribution in [0, 0.1) is 5.82 Å². The SMILES string of the molecule is CC(=O)Nc1cccc([C@@H](C)NC(=O)c2ccc(-c3ccccc3F)s2)c1. The second-order valence-corrected chi connectivity index (χ2v) is 7.23. The van der Waals surface area contributed by atoms with Crippen LogP contribution in [0.2, 0.25) is 0 Å². The second-order valence-electron chi connectivity index (χ2n) is 6.15. The Labute approximate surface area is 161 Å². The van der Waals surface area contributed by atoms with Gasteiger partial charge in [-0.2, -0.15) is 0 Å². The summed E-state index contributed by atoms with van der Waals surface area (Å²) in [6.45, 7) is 3.32.